The highest BCUT2D eigenvalue weighted by Crippen LogP contribution is 2.22. The van der Waals surface area contributed by atoms with Gasteiger partial charge in [-0.1, -0.05) is 30.3 Å². The lowest BCUT2D eigenvalue weighted by Crippen LogP contribution is -2.41. The third-order valence-corrected chi connectivity index (χ3v) is 3.32. The number of carbonyl (C=O) groups is 2. The summed E-state index contributed by atoms with van der Waals surface area (Å²) in [5.74, 6) is -1.15. The smallest absolute Gasteiger partial charge is 0.309 e. The second-order valence-corrected chi connectivity index (χ2v) is 4.91. The van der Waals surface area contributed by atoms with E-state index in [1.165, 1.54) is 7.11 Å². The number of nitrogens with one attached hydrogen (secondary N) is 2. The van der Waals surface area contributed by atoms with Crippen LogP contribution in [0.25, 0.3) is 0 Å². The van der Waals surface area contributed by atoms with E-state index in [0.29, 0.717) is 32.5 Å². The van der Waals surface area contributed by atoms with Crippen LogP contribution >= 0.6 is 0 Å². The monoisotopic (exact) mass is 308 g/mol. The number of carbonyl (C=O) groups excluding carboxylic acids is 2. The largest absolute Gasteiger partial charge is 0.396 e. The van der Waals surface area contributed by atoms with Crippen LogP contribution in [0.5, 0.6) is 0 Å². The molecule has 0 saturated heterocycles. The fourth-order valence-corrected chi connectivity index (χ4v) is 2.15. The number of aliphatic hydroxyl groups is 1. The van der Waals surface area contributed by atoms with E-state index in [9.17, 15) is 9.59 Å². The molecular weight excluding hydrogens is 284 g/mol. The molecule has 0 aromatic heterocycles. The molecule has 3 N–H and O–H groups in total. The Balaban J connectivity index is 2.36. The van der Waals surface area contributed by atoms with Crippen molar-refractivity contribution >= 4 is 11.8 Å². The molecule has 22 heavy (non-hydrogen) atoms. The van der Waals surface area contributed by atoms with E-state index in [1.807, 2.05) is 30.3 Å². The molecule has 1 aromatic carbocycles. The van der Waals surface area contributed by atoms with Crippen molar-refractivity contribution in [1.82, 2.24) is 10.6 Å². The topological polar surface area (TPSA) is 87.7 Å². The van der Waals surface area contributed by atoms with E-state index >= 15 is 0 Å². The van der Waals surface area contributed by atoms with Crippen LogP contribution in [0.3, 0.4) is 0 Å². The molecule has 0 radical (unpaired) electrons. The molecule has 0 saturated carbocycles. The Labute approximate surface area is 130 Å². The lowest BCUT2D eigenvalue weighted by Gasteiger charge is -2.16. The molecule has 0 spiro atoms. The maximum absolute atomic E-state index is 11.6. The molecule has 0 fully saturated rings. The van der Waals surface area contributed by atoms with Crippen molar-refractivity contribution in [2.24, 2.45) is 0 Å². The third-order valence-electron chi connectivity index (χ3n) is 3.32. The number of amides is 2. The van der Waals surface area contributed by atoms with Gasteiger partial charge < -0.3 is 20.5 Å². The van der Waals surface area contributed by atoms with Crippen LogP contribution in [0.15, 0.2) is 30.3 Å². The minimum atomic E-state index is -0.657. The molecule has 6 heteroatoms. The first-order chi connectivity index (χ1) is 10.7. The van der Waals surface area contributed by atoms with Gasteiger partial charge in [-0.05, 0) is 24.3 Å². The zero-order valence-electron chi connectivity index (χ0n) is 12.9. The molecule has 0 aliphatic rings. The van der Waals surface area contributed by atoms with E-state index in [4.69, 9.17) is 9.84 Å². The molecule has 0 heterocycles. The molecule has 1 atom stereocenters. The van der Waals surface area contributed by atoms with Gasteiger partial charge in [0.05, 0.1) is 6.61 Å². The Kier molecular flexibility index (Phi) is 8.86. The van der Waals surface area contributed by atoms with Crippen LogP contribution in [0.2, 0.25) is 0 Å². The summed E-state index contributed by atoms with van der Waals surface area (Å²) in [7, 11) is 1.52. The van der Waals surface area contributed by atoms with Crippen molar-refractivity contribution in [2.45, 2.75) is 18.8 Å². The van der Waals surface area contributed by atoms with Gasteiger partial charge in [0.25, 0.3) is 0 Å². The summed E-state index contributed by atoms with van der Waals surface area (Å²) in [5, 5.41) is 14.2. The van der Waals surface area contributed by atoms with Crippen LogP contribution in [0.4, 0.5) is 0 Å². The first-order valence-corrected chi connectivity index (χ1v) is 7.39. The van der Waals surface area contributed by atoms with Gasteiger partial charge in [0, 0.05) is 26.8 Å². The summed E-state index contributed by atoms with van der Waals surface area (Å²) in [6, 6.07) is 9.83. The molecule has 122 valence electrons. The van der Waals surface area contributed by atoms with Crippen molar-refractivity contribution < 1.29 is 19.4 Å². The second-order valence-electron chi connectivity index (χ2n) is 4.91. The Morgan fingerprint density at radius 3 is 2.32 bits per heavy atom. The number of hydrogen-bond donors (Lipinski definition) is 3. The fourth-order valence-electron chi connectivity index (χ4n) is 2.15. The van der Waals surface area contributed by atoms with E-state index in [1.54, 1.807) is 0 Å². The molecule has 0 unspecified atom stereocenters. The summed E-state index contributed by atoms with van der Waals surface area (Å²) in [6.07, 6.45) is 1.29. The number of methoxy groups -OCH3 is 1. The normalized spacial score (nSPS) is 11.7. The number of aliphatic hydroxyl groups excluding tert-OH is 1. The van der Waals surface area contributed by atoms with Crippen molar-refractivity contribution in [3.05, 3.63) is 35.9 Å². The maximum atomic E-state index is 11.6. The zero-order chi connectivity index (χ0) is 16.2. The second kappa shape index (κ2) is 10.8. The van der Waals surface area contributed by atoms with Crippen LogP contribution in [-0.2, 0) is 14.3 Å². The first-order valence-electron chi connectivity index (χ1n) is 7.39. The van der Waals surface area contributed by atoms with Gasteiger partial charge >= 0.3 is 11.8 Å². The van der Waals surface area contributed by atoms with Crippen LogP contribution < -0.4 is 10.6 Å². The van der Waals surface area contributed by atoms with E-state index in [0.717, 1.165) is 5.56 Å². The predicted octanol–water partition coefficient (Wildman–Crippen LogP) is 0.422. The summed E-state index contributed by atoms with van der Waals surface area (Å²) in [6.45, 7) is 1.15. The Hall–Kier alpha value is -1.92. The van der Waals surface area contributed by atoms with Crippen LogP contribution in [0, 0.1) is 0 Å². The lowest BCUT2D eigenvalue weighted by atomic mass is 9.93. The molecule has 2 amide bonds. The minimum absolute atomic E-state index is 0.0883. The Bertz CT molecular complexity index is 451. The molecule has 0 aliphatic heterocycles. The van der Waals surface area contributed by atoms with Crippen molar-refractivity contribution in [1.29, 1.82) is 0 Å². The van der Waals surface area contributed by atoms with E-state index < -0.39 is 11.8 Å². The predicted molar refractivity (Wildman–Crippen MR) is 83.4 cm³/mol. The molecule has 1 rings (SSSR count). The van der Waals surface area contributed by atoms with E-state index in [2.05, 4.69) is 10.6 Å². The van der Waals surface area contributed by atoms with Gasteiger partial charge in [-0.2, -0.15) is 0 Å². The molecule has 1 aromatic rings. The van der Waals surface area contributed by atoms with Crippen molar-refractivity contribution in [3.63, 3.8) is 0 Å². The fraction of sp³-hybridized carbons (Fsp3) is 0.500. The van der Waals surface area contributed by atoms with Crippen LogP contribution in [-0.4, -0.2) is 50.3 Å². The van der Waals surface area contributed by atoms with Crippen LogP contribution in [0.1, 0.15) is 24.3 Å². The summed E-state index contributed by atoms with van der Waals surface area (Å²) in [4.78, 5) is 23.1. The highest BCUT2D eigenvalue weighted by Gasteiger charge is 2.14. The average molecular weight is 308 g/mol. The van der Waals surface area contributed by atoms with Gasteiger partial charge in [0.1, 0.15) is 0 Å². The molecule has 6 nitrogen and oxygen atoms in total. The highest BCUT2D eigenvalue weighted by atomic mass is 16.5. The van der Waals surface area contributed by atoms with Crippen molar-refractivity contribution in [3.8, 4) is 0 Å². The number of ether oxygens (including phenoxy) is 1. The molecular formula is C16H24N2O4. The molecule has 0 aliphatic carbocycles. The summed E-state index contributed by atoms with van der Waals surface area (Å²) >= 11 is 0. The van der Waals surface area contributed by atoms with Gasteiger partial charge in [0.2, 0.25) is 0 Å². The number of benzene rings is 1. The standard InChI is InChI=1S/C16H24N2O4/c1-22-12-10-18-16(21)15(20)17-9-7-14(8-11-19)13-5-3-2-4-6-13/h2-6,14,19H,7-12H2,1H3,(H,17,20)(H,18,21)/t14-/m1/s1. The highest BCUT2D eigenvalue weighted by molar-refractivity contribution is 6.35. The quantitative estimate of drug-likeness (QED) is 0.456. The first kappa shape index (κ1) is 18.1. The number of rotatable bonds is 9. The SMILES string of the molecule is COCCNC(=O)C(=O)NCC[C@H](CCO)c1ccccc1. The van der Waals surface area contributed by atoms with Gasteiger partial charge in [-0.25, -0.2) is 0 Å². The third kappa shape index (κ3) is 6.69. The van der Waals surface area contributed by atoms with Crippen molar-refractivity contribution in [2.75, 3.05) is 33.4 Å². The summed E-state index contributed by atoms with van der Waals surface area (Å²) in [5.41, 5.74) is 1.12. The van der Waals surface area contributed by atoms with E-state index in [-0.39, 0.29) is 12.5 Å². The zero-order valence-corrected chi connectivity index (χ0v) is 12.9. The minimum Gasteiger partial charge on any atom is -0.396 e. The number of hydrogen-bond acceptors (Lipinski definition) is 4. The Morgan fingerprint density at radius 1 is 1.09 bits per heavy atom. The average Bonchev–Trinajstić information content (AvgIpc) is 2.54. The maximum Gasteiger partial charge on any atom is 0.309 e. The van der Waals surface area contributed by atoms with Gasteiger partial charge in [0.15, 0.2) is 0 Å². The summed E-state index contributed by atoms with van der Waals surface area (Å²) < 4.78 is 4.79. The molecule has 0 bridgehead atoms. The van der Waals surface area contributed by atoms with Gasteiger partial charge in [-0.15, -0.1) is 0 Å². The lowest BCUT2D eigenvalue weighted by molar-refractivity contribution is -0.139. The Morgan fingerprint density at radius 2 is 1.73 bits per heavy atom. The van der Waals surface area contributed by atoms with Gasteiger partial charge in [-0.3, -0.25) is 9.59 Å².